The quantitative estimate of drug-likeness (QED) is 0.852. The van der Waals surface area contributed by atoms with E-state index < -0.39 is 0 Å². The van der Waals surface area contributed by atoms with Crippen LogP contribution >= 0.6 is 0 Å². The van der Waals surface area contributed by atoms with Gasteiger partial charge < -0.3 is 15.5 Å². The van der Waals surface area contributed by atoms with E-state index in [0.29, 0.717) is 6.54 Å². The maximum atomic E-state index is 11.7. The first-order valence-corrected chi connectivity index (χ1v) is 7.05. The Balaban J connectivity index is 1.99. The van der Waals surface area contributed by atoms with Gasteiger partial charge >= 0.3 is 0 Å². The maximum absolute atomic E-state index is 11.7. The van der Waals surface area contributed by atoms with Gasteiger partial charge in [-0.15, -0.1) is 0 Å². The normalized spacial score (nSPS) is 13.4. The lowest BCUT2D eigenvalue weighted by Gasteiger charge is -2.23. The smallest absolute Gasteiger partial charge is 0.239 e. The van der Waals surface area contributed by atoms with Gasteiger partial charge in [-0.1, -0.05) is 13.0 Å². The molecule has 4 nitrogen and oxygen atoms in total. The number of nitrogens with zero attached hydrogens (tertiary/aromatic N) is 1. The van der Waals surface area contributed by atoms with Gasteiger partial charge in [-0.05, 0) is 37.0 Å². The Hall–Kier alpha value is -1.71. The molecule has 1 aliphatic rings. The number of rotatable bonds is 5. The zero-order valence-corrected chi connectivity index (χ0v) is 11.8. The van der Waals surface area contributed by atoms with E-state index in [-0.39, 0.29) is 5.91 Å². The second-order valence-electron chi connectivity index (χ2n) is 5.08. The number of likely N-dealkylation sites (N-methyl/N-ethyl adjacent to an activating group) is 1. The summed E-state index contributed by atoms with van der Waals surface area (Å²) in [6, 6.07) is 6.40. The molecule has 4 heteroatoms. The maximum Gasteiger partial charge on any atom is 0.239 e. The summed E-state index contributed by atoms with van der Waals surface area (Å²) in [5, 5.41) is 6.32. The number of anilines is 2. The Morgan fingerprint density at radius 1 is 1.47 bits per heavy atom. The Labute approximate surface area is 115 Å². The molecule has 0 unspecified atom stereocenters. The van der Waals surface area contributed by atoms with Crippen LogP contribution in [0.3, 0.4) is 0 Å². The summed E-state index contributed by atoms with van der Waals surface area (Å²) in [6.07, 6.45) is 3.31. The van der Waals surface area contributed by atoms with Crippen LogP contribution in [0.5, 0.6) is 0 Å². The zero-order valence-electron chi connectivity index (χ0n) is 11.8. The van der Waals surface area contributed by atoms with E-state index in [1.165, 1.54) is 17.7 Å². The Morgan fingerprint density at radius 3 is 3.11 bits per heavy atom. The van der Waals surface area contributed by atoms with Crippen LogP contribution in [0.4, 0.5) is 11.4 Å². The molecule has 19 heavy (non-hydrogen) atoms. The molecule has 1 heterocycles. The molecule has 0 saturated carbocycles. The summed E-state index contributed by atoms with van der Waals surface area (Å²) in [5.41, 5.74) is 3.67. The van der Waals surface area contributed by atoms with Gasteiger partial charge in [0.15, 0.2) is 0 Å². The molecule has 0 bridgehead atoms. The lowest BCUT2D eigenvalue weighted by molar-refractivity contribution is -0.119. The lowest BCUT2D eigenvalue weighted by Crippen LogP contribution is -2.35. The minimum Gasteiger partial charge on any atom is -0.385 e. The summed E-state index contributed by atoms with van der Waals surface area (Å²) < 4.78 is 0. The molecule has 104 valence electrons. The monoisotopic (exact) mass is 261 g/mol. The number of aryl methyl sites for hydroxylation is 1. The molecular formula is C15H23N3O. The molecule has 1 aromatic carbocycles. The van der Waals surface area contributed by atoms with E-state index in [9.17, 15) is 4.79 Å². The molecule has 1 amide bonds. The fraction of sp³-hybridized carbons (Fsp3) is 0.533. The molecule has 0 radical (unpaired) electrons. The van der Waals surface area contributed by atoms with Gasteiger partial charge in [-0.25, -0.2) is 0 Å². The number of hydrogen-bond donors (Lipinski definition) is 2. The van der Waals surface area contributed by atoms with Crippen molar-refractivity contribution in [3.8, 4) is 0 Å². The van der Waals surface area contributed by atoms with E-state index in [4.69, 9.17) is 0 Å². The molecule has 0 aliphatic carbocycles. The van der Waals surface area contributed by atoms with Gasteiger partial charge in [0.1, 0.15) is 0 Å². The minimum absolute atomic E-state index is 0.0787. The topological polar surface area (TPSA) is 44.4 Å². The molecule has 2 N–H and O–H groups in total. The predicted molar refractivity (Wildman–Crippen MR) is 79.8 cm³/mol. The van der Waals surface area contributed by atoms with Gasteiger partial charge in [0.2, 0.25) is 5.91 Å². The Morgan fingerprint density at radius 2 is 2.32 bits per heavy atom. The van der Waals surface area contributed by atoms with Crippen molar-refractivity contribution in [3.05, 3.63) is 23.8 Å². The number of benzene rings is 1. The van der Waals surface area contributed by atoms with Crippen molar-refractivity contribution in [2.75, 3.05) is 36.9 Å². The summed E-state index contributed by atoms with van der Waals surface area (Å²) in [5.74, 6) is 0.0787. The van der Waals surface area contributed by atoms with Crippen LogP contribution in [0.2, 0.25) is 0 Å². The SMILES string of the molecule is CCCNC(=O)CN(C)c1ccc2c(c1)NCCC2. The third-order valence-electron chi connectivity index (χ3n) is 3.43. The van der Waals surface area contributed by atoms with Crippen molar-refractivity contribution in [1.82, 2.24) is 5.32 Å². The van der Waals surface area contributed by atoms with Crippen molar-refractivity contribution in [2.45, 2.75) is 26.2 Å². The van der Waals surface area contributed by atoms with Gasteiger partial charge in [0.25, 0.3) is 0 Å². The van der Waals surface area contributed by atoms with Crippen molar-refractivity contribution >= 4 is 17.3 Å². The summed E-state index contributed by atoms with van der Waals surface area (Å²) in [4.78, 5) is 13.7. The van der Waals surface area contributed by atoms with Crippen molar-refractivity contribution < 1.29 is 4.79 Å². The molecule has 0 aromatic heterocycles. The van der Waals surface area contributed by atoms with E-state index in [0.717, 1.165) is 31.6 Å². The second kappa shape index (κ2) is 6.45. The highest BCUT2D eigenvalue weighted by Crippen LogP contribution is 2.26. The number of amides is 1. The number of nitrogens with one attached hydrogen (secondary N) is 2. The van der Waals surface area contributed by atoms with Crippen LogP contribution in [0.1, 0.15) is 25.3 Å². The molecule has 0 spiro atoms. The Kier molecular flexibility index (Phi) is 4.66. The first kappa shape index (κ1) is 13.7. The van der Waals surface area contributed by atoms with Crippen molar-refractivity contribution in [2.24, 2.45) is 0 Å². The summed E-state index contributed by atoms with van der Waals surface area (Å²) >= 11 is 0. The second-order valence-corrected chi connectivity index (χ2v) is 5.08. The first-order valence-electron chi connectivity index (χ1n) is 7.05. The van der Waals surface area contributed by atoms with Crippen LogP contribution in [0.15, 0.2) is 18.2 Å². The molecule has 0 saturated heterocycles. The van der Waals surface area contributed by atoms with E-state index in [2.05, 4.69) is 35.8 Å². The fourth-order valence-corrected chi connectivity index (χ4v) is 2.31. The van der Waals surface area contributed by atoms with E-state index in [1.807, 2.05) is 11.9 Å². The molecule has 0 fully saturated rings. The summed E-state index contributed by atoms with van der Waals surface area (Å²) in [7, 11) is 1.95. The van der Waals surface area contributed by atoms with Crippen LogP contribution < -0.4 is 15.5 Å². The summed E-state index contributed by atoms with van der Waals surface area (Å²) in [6.45, 7) is 4.24. The molecular weight excluding hydrogens is 238 g/mol. The van der Waals surface area contributed by atoms with Crippen LogP contribution in [0, 0.1) is 0 Å². The number of carbonyl (C=O) groups excluding carboxylic acids is 1. The van der Waals surface area contributed by atoms with Crippen LogP contribution in [-0.2, 0) is 11.2 Å². The van der Waals surface area contributed by atoms with Crippen LogP contribution in [0.25, 0.3) is 0 Å². The van der Waals surface area contributed by atoms with E-state index in [1.54, 1.807) is 0 Å². The minimum atomic E-state index is 0.0787. The van der Waals surface area contributed by atoms with Gasteiger partial charge in [-0.3, -0.25) is 4.79 Å². The van der Waals surface area contributed by atoms with Gasteiger partial charge in [0.05, 0.1) is 6.54 Å². The third kappa shape index (κ3) is 3.63. The fourth-order valence-electron chi connectivity index (χ4n) is 2.31. The lowest BCUT2D eigenvalue weighted by atomic mass is 10.0. The number of hydrogen-bond acceptors (Lipinski definition) is 3. The molecule has 1 aromatic rings. The highest BCUT2D eigenvalue weighted by molar-refractivity contribution is 5.81. The number of carbonyl (C=O) groups is 1. The van der Waals surface area contributed by atoms with E-state index >= 15 is 0 Å². The molecule has 2 rings (SSSR count). The Bertz CT molecular complexity index is 445. The van der Waals surface area contributed by atoms with Crippen molar-refractivity contribution in [3.63, 3.8) is 0 Å². The van der Waals surface area contributed by atoms with Crippen LogP contribution in [-0.4, -0.2) is 32.6 Å². The first-order chi connectivity index (χ1) is 9.20. The zero-order chi connectivity index (χ0) is 13.7. The predicted octanol–water partition coefficient (Wildman–Crippen LogP) is 2.01. The third-order valence-corrected chi connectivity index (χ3v) is 3.43. The largest absolute Gasteiger partial charge is 0.385 e. The molecule has 0 atom stereocenters. The molecule has 1 aliphatic heterocycles. The van der Waals surface area contributed by atoms with Gasteiger partial charge in [-0.2, -0.15) is 0 Å². The van der Waals surface area contributed by atoms with Gasteiger partial charge in [0, 0.05) is 31.5 Å². The van der Waals surface area contributed by atoms with Crippen molar-refractivity contribution in [1.29, 1.82) is 0 Å². The average molecular weight is 261 g/mol. The highest BCUT2D eigenvalue weighted by Gasteiger charge is 2.12. The standard InChI is InChI=1S/C15H23N3O/c1-3-8-17-15(19)11-18(2)13-7-6-12-5-4-9-16-14(12)10-13/h6-7,10,16H,3-5,8-9,11H2,1-2H3,(H,17,19). The number of fused-ring (bicyclic) bond motifs is 1. The highest BCUT2D eigenvalue weighted by atomic mass is 16.2. The average Bonchev–Trinajstić information content (AvgIpc) is 2.44.